The quantitative estimate of drug-likeness (QED) is 0.712. The summed E-state index contributed by atoms with van der Waals surface area (Å²) in [5, 5.41) is 0. The first-order chi connectivity index (χ1) is 6.24. The van der Waals surface area contributed by atoms with Crippen LogP contribution in [-0.4, -0.2) is 19.3 Å². The van der Waals surface area contributed by atoms with Gasteiger partial charge in [-0.2, -0.15) is 0 Å². The molecule has 78 valence electrons. The van der Waals surface area contributed by atoms with E-state index >= 15 is 0 Å². The number of hydrogen-bond acceptors (Lipinski definition) is 2. The third-order valence-electron chi connectivity index (χ3n) is 3.00. The minimum atomic E-state index is 0.264. The molecule has 2 N–H and O–H groups in total. The van der Waals surface area contributed by atoms with Crippen LogP contribution in [0.5, 0.6) is 0 Å². The standard InChI is InChI=1S/C11H23NO/c1-9(2)11(7-12)13-8-10-5-3-4-6-10/h9-11H,3-8,12H2,1-2H3. The molecule has 0 aromatic rings. The fourth-order valence-electron chi connectivity index (χ4n) is 1.97. The molecule has 1 saturated carbocycles. The number of nitrogens with two attached hydrogens (primary N) is 1. The van der Waals surface area contributed by atoms with Crippen LogP contribution in [0.4, 0.5) is 0 Å². The van der Waals surface area contributed by atoms with Crippen molar-refractivity contribution in [3.63, 3.8) is 0 Å². The van der Waals surface area contributed by atoms with Crippen molar-refractivity contribution >= 4 is 0 Å². The molecule has 0 radical (unpaired) electrons. The van der Waals surface area contributed by atoms with E-state index in [0.29, 0.717) is 12.5 Å². The summed E-state index contributed by atoms with van der Waals surface area (Å²) in [7, 11) is 0. The van der Waals surface area contributed by atoms with Gasteiger partial charge in [0.25, 0.3) is 0 Å². The number of hydrogen-bond donors (Lipinski definition) is 1. The monoisotopic (exact) mass is 185 g/mol. The van der Waals surface area contributed by atoms with Gasteiger partial charge in [0.2, 0.25) is 0 Å². The van der Waals surface area contributed by atoms with Crippen molar-refractivity contribution in [1.82, 2.24) is 0 Å². The first kappa shape index (κ1) is 11.0. The van der Waals surface area contributed by atoms with E-state index in [0.717, 1.165) is 12.5 Å². The van der Waals surface area contributed by atoms with E-state index in [1.807, 2.05) is 0 Å². The van der Waals surface area contributed by atoms with Crippen molar-refractivity contribution < 1.29 is 4.74 Å². The van der Waals surface area contributed by atoms with Gasteiger partial charge in [0.1, 0.15) is 0 Å². The van der Waals surface area contributed by atoms with E-state index in [-0.39, 0.29) is 6.10 Å². The summed E-state index contributed by atoms with van der Waals surface area (Å²) >= 11 is 0. The second-order valence-corrected chi connectivity index (χ2v) is 4.50. The first-order valence-corrected chi connectivity index (χ1v) is 5.55. The summed E-state index contributed by atoms with van der Waals surface area (Å²) in [5.74, 6) is 1.36. The van der Waals surface area contributed by atoms with Gasteiger partial charge in [-0.1, -0.05) is 26.7 Å². The second-order valence-electron chi connectivity index (χ2n) is 4.50. The fraction of sp³-hybridized carbons (Fsp3) is 1.00. The van der Waals surface area contributed by atoms with Crippen molar-refractivity contribution in [2.45, 2.75) is 45.6 Å². The molecular formula is C11H23NO. The Bertz CT molecular complexity index is 130. The molecule has 0 saturated heterocycles. The van der Waals surface area contributed by atoms with E-state index in [1.165, 1.54) is 25.7 Å². The Hall–Kier alpha value is -0.0800. The van der Waals surface area contributed by atoms with Gasteiger partial charge in [0.05, 0.1) is 6.10 Å². The van der Waals surface area contributed by atoms with Crippen LogP contribution in [0.1, 0.15) is 39.5 Å². The second kappa shape index (κ2) is 5.61. The molecule has 0 aromatic heterocycles. The molecule has 1 fully saturated rings. The lowest BCUT2D eigenvalue weighted by Gasteiger charge is -2.21. The zero-order valence-electron chi connectivity index (χ0n) is 8.96. The highest BCUT2D eigenvalue weighted by molar-refractivity contribution is 4.69. The van der Waals surface area contributed by atoms with E-state index in [9.17, 15) is 0 Å². The van der Waals surface area contributed by atoms with Gasteiger partial charge in [-0.3, -0.25) is 0 Å². The predicted octanol–water partition coefficient (Wildman–Crippen LogP) is 2.18. The minimum absolute atomic E-state index is 0.264. The Morgan fingerprint density at radius 1 is 1.31 bits per heavy atom. The number of rotatable bonds is 5. The zero-order valence-corrected chi connectivity index (χ0v) is 8.96. The molecule has 1 aliphatic rings. The van der Waals surface area contributed by atoms with Gasteiger partial charge < -0.3 is 10.5 Å². The third-order valence-corrected chi connectivity index (χ3v) is 3.00. The van der Waals surface area contributed by atoms with E-state index in [4.69, 9.17) is 10.5 Å². The largest absolute Gasteiger partial charge is 0.376 e. The minimum Gasteiger partial charge on any atom is -0.376 e. The summed E-state index contributed by atoms with van der Waals surface area (Å²) in [4.78, 5) is 0. The molecule has 0 aromatic carbocycles. The summed E-state index contributed by atoms with van der Waals surface area (Å²) in [6, 6.07) is 0. The van der Waals surface area contributed by atoms with E-state index < -0.39 is 0 Å². The van der Waals surface area contributed by atoms with Crippen molar-refractivity contribution in [3.8, 4) is 0 Å². The van der Waals surface area contributed by atoms with Crippen molar-refractivity contribution in [3.05, 3.63) is 0 Å². The third kappa shape index (κ3) is 3.65. The lowest BCUT2D eigenvalue weighted by atomic mass is 10.1. The van der Waals surface area contributed by atoms with Gasteiger partial charge in [-0.25, -0.2) is 0 Å². The molecule has 1 unspecified atom stereocenters. The maximum absolute atomic E-state index is 5.81. The Balaban J connectivity index is 2.15. The summed E-state index contributed by atoms with van der Waals surface area (Å²) < 4.78 is 5.81. The van der Waals surface area contributed by atoms with E-state index in [2.05, 4.69) is 13.8 Å². The molecule has 13 heavy (non-hydrogen) atoms. The molecule has 0 amide bonds. The molecule has 2 heteroatoms. The molecule has 0 heterocycles. The highest BCUT2D eigenvalue weighted by Gasteiger charge is 2.18. The lowest BCUT2D eigenvalue weighted by molar-refractivity contribution is 0.00884. The average molecular weight is 185 g/mol. The maximum Gasteiger partial charge on any atom is 0.0720 e. The molecule has 2 nitrogen and oxygen atoms in total. The molecule has 0 aliphatic heterocycles. The van der Waals surface area contributed by atoms with Gasteiger partial charge in [0.15, 0.2) is 0 Å². The Labute approximate surface area is 81.8 Å². The zero-order chi connectivity index (χ0) is 9.68. The highest BCUT2D eigenvalue weighted by atomic mass is 16.5. The molecule has 0 spiro atoms. The van der Waals surface area contributed by atoms with Crippen molar-refractivity contribution in [2.24, 2.45) is 17.6 Å². The van der Waals surface area contributed by atoms with Gasteiger partial charge >= 0.3 is 0 Å². The van der Waals surface area contributed by atoms with Crippen molar-refractivity contribution in [2.75, 3.05) is 13.2 Å². The van der Waals surface area contributed by atoms with Crippen molar-refractivity contribution in [1.29, 1.82) is 0 Å². The van der Waals surface area contributed by atoms with Gasteiger partial charge in [-0.05, 0) is 24.7 Å². The van der Waals surface area contributed by atoms with Gasteiger partial charge in [-0.15, -0.1) is 0 Å². The van der Waals surface area contributed by atoms with Crippen LogP contribution in [0.15, 0.2) is 0 Å². The van der Waals surface area contributed by atoms with E-state index in [1.54, 1.807) is 0 Å². The first-order valence-electron chi connectivity index (χ1n) is 5.55. The van der Waals surface area contributed by atoms with Crippen LogP contribution in [0, 0.1) is 11.8 Å². The maximum atomic E-state index is 5.81. The molecule has 1 atom stereocenters. The normalized spacial score (nSPS) is 21.2. The fourth-order valence-corrected chi connectivity index (χ4v) is 1.97. The molecule has 1 rings (SSSR count). The topological polar surface area (TPSA) is 35.2 Å². The predicted molar refractivity (Wildman–Crippen MR) is 55.6 cm³/mol. The Morgan fingerprint density at radius 2 is 1.92 bits per heavy atom. The van der Waals surface area contributed by atoms with Gasteiger partial charge in [0, 0.05) is 13.2 Å². The Morgan fingerprint density at radius 3 is 2.38 bits per heavy atom. The van der Waals surface area contributed by atoms with Crippen LogP contribution in [0.3, 0.4) is 0 Å². The van der Waals surface area contributed by atoms with Crippen LogP contribution in [-0.2, 0) is 4.74 Å². The molecular weight excluding hydrogens is 162 g/mol. The van der Waals surface area contributed by atoms with Crippen LogP contribution in [0.25, 0.3) is 0 Å². The molecule has 0 bridgehead atoms. The summed E-state index contributed by atoms with van der Waals surface area (Å²) in [6.45, 7) is 5.93. The number of ether oxygens (including phenoxy) is 1. The lowest BCUT2D eigenvalue weighted by Crippen LogP contribution is -2.30. The highest BCUT2D eigenvalue weighted by Crippen LogP contribution is 2.25. The van der Waals surface area contributed by atoms with Crippen LogP contribution < -0.4 is 5.73 Å². The SMILES string of the molecule is CC(C)C(CN)OCC1CCCC1. The molecule has 1 aliphatic carbocycles. The smallest absolute Gasteiger partial charge is 0.0720 e. The van der Waals surface area contributed by atoms with Crippen LogP contribution >= 0.6 is 0 Å². The summed E-state index contributed by atoms with van der Waals surface area (Å²) in [5.41, 5.74) is 5.63. The summed E-state index contributed by atoms with van der Waals surface area (Å²) in [6.07, 6.45) is 5.76. The average Bonchev–Trinajstić information content (AvgIpc) is 2.57. The Kier molecular flexibility index (Phi) is 4.74. The van der Waals surface area contributed by atoms with Crippen LogP contribution in [0.2, 0.25) is 0 Å².